The van der Waals surface area contributed by atoms with E-state index >= 15 is 0 Å². The van der Waals surface area contributed by atoms with Crippen LogP contribution in [0.4, 0.5) is 0 Å². The van der Waals surface area contributed by atoms with Crippen LogP contribution in [0.5, 0.6) is 0 Å². The summed E-state index contributed by atoms with van der Waals surface area (Å²) in [5.74, 6) is 0. The van der Waals surface area contributed by atoms with Crippen LogP contribution in [0.2, 0.25) is 0 Å². The Kier molecular flexibility index (Phi) is 1.08. The Morgan fingerprint density at radius 3 is 3.10 bits per heavy atom. The van der Waals surface area contributed by atoms with Crippen molar-refractivity contribution < 1.29 is 4.74 Å². The Labute approximate surface area is 60.7 Å². The molecule has 1 fully saturated rings. The lowest BCUT2D eigenvalue weighted by molar-refractivity contribution is 0.376. The van der Waals surface area contributed by atoms with Crippen LogP contribution in [0.1, 0.15) is 6.92 Å². The summed E-state index contributed by atoms with van der Waals surface area (Å²) in [5.41, 5.74) is -0.0521. The second kappa shape index (κ2) is 1.83. The molecule has 10 heavy (non-hydrogen) atoms. The van der Waals surface area contributed by atoms with Crippen molar-refractivity contribution in [2.75, 3.05) is 0 Å². The molecule has 1 saturated heterocycles. The van der Waals surface area contributed by atoms with Crippen LogP contribution >= 0.6 is 0 Å². The van der Waals surface area contributed by atoms with Crippen molar-refractivity contribution in [2.45, 2.75) is 18.6 Å². The molecule has 0 aromatic rings. The van der Waals surface area contributed by atoms with Crippen LogP contribution in [0.15, 0.2) is 36.5 Å². The first kappa shape index (κ1) is 5.93. The second-order valence-corrected chi connectivity index (χ2v) is 2.64. The first-order valence-electron chi connectivity index (χ1n) is 3.55. The molecule has 0 spiro atoms. The molecule has 1 nitrogen and oxygen atoms in total. The van der Waals surface area contributed by atoms with Crippen molar-refractivity contribution >= 4 is 0 Å². The molecule has 1 heterocycles. The second-order valence-electron chi connectivity index (χ2n) is 2.64. The molecule has 0 saturated carbocycles. The molecule has 0 amide bonds. The largest absolute Gasteiger partial charge is 0.353 e. The van der Waals surface area contributed by atoms with Crippen LogP contribution in [-0.4, -0.2) is 11.7 Å². The summed E-state index contributed by atoms with van der Waals surface area (Å²) >= 11 is 0. The van der Waals surface area contributed by atoms with Crippen molar-refractivity contribution in [1.29, 1.82) is 0 Å². The van der Waals surface area contributed by atoms with Crippen LogP contribution in [0.25, 0.3) is 0 Å². The molecule has 0 bridgehead atoms. The minimum atomic E-state index is -0.0521. The van der Waals surface area contributed by atoms with Crippen LogP contribution < -0.4 is 0 Å². The summed E-state index contributed by atoms with van der Waals surface area (Å²) in [4.78, 5) is 0. The summed E-state index contributed by atoms with van der Waals surface area (Å²) in [6, 6.07) is 0. The van der Waals surface area contributed by atoms with E-state index in [-0.39, 0.29) is 5.60 Å². The fraction of sp³-hybridized carbons (Fsp3) is 0.333. The van der Waals surface area contributed by atoms with Crippen molar-refractivity contribution in [2.24, 2.45) is 0 Å². The fourth-order valence-electron chi connectivity index (χ4n) is 1.33. The third-order valence-corrected chi connectivity index (χ3v) is 1.90. The molecule has 0 N–H and O–H groups in total. The standard InChI is InChI=1S/C9H10O/c1-2-6-9-7-4-3-5-8(9)10-9/h2-8H,1H3/b6-2-. The lowest BCUT2D eigenvalue weighted by atomic mass is 10.0. The fourth-order valence-corrected chi connectivity index (χ4v) is 1.33. The number of hydrogen-bond acceptors (Lipinski definition) is 1. The summed E-state index contributed by atoms with van der Waals surface area (Å²) in [6.07, 6.45) is 12.7. The number of allylic oxidation sites excluding steroid dienone is 3. The van der Waals surface area contributed by atoms with Gasteiger partial charge in [-0.3, -0.25) is 0 Å². The van der Waals surface area contributed by atoms with Gasteiger partial charge < -0.3 is 4.74 Å². The zero-order valence-electron chi connectivity index (χ0n) is 5.95. The zero-order valence-corrected chi connectivity index (χ0v) is 5.95. The Bertz CT molecular complexity index is 225. The lowest BCUT2D eigenvalue weighted by Gasteiger charge is -1.99. The molecule has 0 radical (unpaired) electrons. The van der Waals surface area contributed by atoms with Gasteiger partial charge in [0, 0.05) is 0 Å². The summed E-state index contributed by atoms with van der Waals surface area (Å²) in [6.45, 7) is 2.01. The predicted molar refractivity (Wildman–Crippen MR) is 40.7 cm³/mol. The van der Waals surface area contributed by atoms with E-state index in [4.69, 9.17) is 4.74 Å². The van der Waals surface area contributed by atoms with Gasteiger partial charge in [-0.05, 0) is 13.0 Å². The third-order valence-electron chi connectivity index (χ3n) is 1.90. The molecule has 0 aromatic carbocycles. The van der Waals surface area contributed by atoms with E-state index in [1.165, 1.54) is 0 Å². The van der Waals surface area contributed by atoms with Crippen LogP contribution in [0.3, 0.4) is 0 Å². The number of hydrogen-bond donors (Lipinski definition) is 0. The highest BCUT2D eigenvalue weighted by Gasteiger charge is 2.51. The maximum atomic E-state index is 5.45. The molecule has 2 atom stereocenters. The Balaban J connectivity index is 2.23. The highest BCUT2D eigenvalue weighted by atomic mass is 16.6. The minimum absolute atomic E-state index is 0.0521. The molecule has 52 valence electrons. The van der Waals surface area contributed by atoms with Gasteiger partial charge in [0.25, 0.3) is 0 Å². The highest BCUT2D eigenvalue weighted by molar-refractivity contribution is 5.37. The van der Waals surface area contributed by atoms with Crippen molar-refractivity contribution in [3.8, 4) is 0 Å². The summed E-state index contributed by atoms with van der Waals surface area (Å²) in [5, 5.41) is 0. The maximum Gasteiger partial charge on any atom is 0.135 e. The minimum Gasteiger partial charge on any atom is -0.353 e. The molecule has 1 aliphatic carbocycles. The number of epoxide rings is 1. The summed E-state index contributed by atoms with van der Waals surface area (Å²) < 4.78 is 5.45. The molecule has 0 aromatic heterocycles. The van der Waals surface area contributed by atoms with Gasteiger partial charge >= 0.3 is 0 Å². The van der Waals surface area contributed by atoms with E-state index in [2.05, 4.69) is 18.2 Å². The van der Waals surface area contributed by atoms with Crippen molar-refractivity contribution in [3.63, 3.8) is 0 Å². The van der Waals surface area contributed by atoms with E-state index in [1.807, 2.05) is 25.2 Å². The summed E-state index contributed by atoms with van der Waals surface area (Å²) in [7, 11) is 0. The average molecular weight is 134 g/mol. The van der Waals surface area contributed by atoms with E-state index in [9.17, 15) is 0 Å². The van der Waals surface area contributed by atoms with E-state index in [0.29, 0.717) is 6.10 Å². The first-order chi connectivity index (χ1) is 4.87. The normalized spacial score (nSPS) is 42.3. The number of fused-ring (bicyclic) bond motifs is 1. The lowest BCUT2D eigenvalue weighted by Crippen LogP contribution is -2.07. The van der Waals surface area contributed by atoms with Gasteiger partial charge in [-0.15, -0.1) is 0 Å². The van der Waals surface area contributed by atoms with Gasteiger partial charge in [0.2, 0.25) is 0 Å². The van der Waals surface area contributed by atoms with Gasteiger partial charge in [-0.2, -0.15) is 0 Å². The molecule has 1 aliphatic heterocycles. The van der Waals surface area contributed by atoms with Gasteiger partial charge in [0.05, 0.1) is 0 Å². The average Bonchev–Trinajstić information content (AvgIpc) is 2.62. The van der Waals surface area contributed by atoms with Gasteiger partial charge in [-0.25, -0.2) is 0 Å². The number of ether oxygens (including phenoxy) is 1. The molecule has 2 rings (SSSR count). The Hall–Kier alpha value is -0.820. The number of rotatable bonds is 1. The van der Waals surface area contributed by atoms with Crippen LogP contribution in [0, 0.1) is 0 Å². The molecular weight excluding hydrogens is 124 g/mol. The smallest absolute Gasteiger partial charge is 0.135 e. The molecular formula is C9H10O. The Morgan fingerprint density at radius 2 is 2.40 bits per heavy atom. The highest BCUT2D eigenvalue weighted by Crippen LogP contribution is 2.42. The zero-order chi connectivity index (χ0) is 7.03. The van der Waals surface area contributed by atoms with Crippen molar-refractivity contribution in [1.82, 2.24) is 0 Å². The van der Waals surface area contributed by atoms with Gasteiger partial charge in [-0.1, -0.05) is 30.4 Å². The maximum absolute atomic E-state index is 5.45. The quantitative estimate of drug-likeness (QED) is 0.393. The van der Waals surface area contributed by atoms with Gasteiger partial charge in [0.15, 0.2) is 0 Å². The topological polar surface area (TPSA) is 12.5 Å². The van der Waals surface area contributed by atoms with Crippen molar-refractivity contribution in [3.05, 3.63) is 36.5 Å². The van der Waals surface area contributed by atoms with Gasteiger partial charge in [0.1, 0.15) is 11.7 Å². The SMILES string of the molecule is C/C=C\C12C=CC=CC1O2. The third kappa shape index (κ3) is 0.673. The molecule has 2 aliphatic rings. The molecule has 2 unspecified atom stereocenters. The van der Waals surface area contributed by atoms with E-state index in [0.717, 1.165) is 0 Å². The van der Waals surface area contributed by atoms with E-state index in [1.54, 1.807) is 0 Å². The van der Waals surface area contributed by atoms with E-state index < -0.39 is 0 Å². The first-order valence-corrected chi connectivity index (χ1v) is 3.55. The van der Waals surface area contributed by atoms with Crippen LogP contribution in [-0.2, 0) is 4.74 Å². The molecule has 1 heteroatoms. The Morgan fingerprint density at radius 1 is 1.50 bits per heavy atom. The predicted octanol–water partition coefficient (Wildman–Crippen LogP) is 1.83. The monoisotopic (exact) mass is 134 g/mol.